The number of halogens is 1. The Morgan fingerprint density at radius 2 is 1.25 bits per heavy atom. The molecule has 28 heavy (non-hydrogen) atoms. The van der Waals surface area contributed by atoms with E-state index in [1.807, 2.05) is 42.5 Å². The van der Waals surface area contributed by atoms with E-state index >= 15 is 0 Å². The van der Waals surface area contributed by atoms with Gasteiger partial charge in [-0.1, -0.05) is 0 Å². The van der Waals surface area contributed by atoms with Crippen LogP contribution in [0.5, 0.6) is 0 Å². The van der Waals surface area contributed by atoms with Crippen LogP contribution in [0.25, 0.3) is 46.4 Å². The largest absolute Gasteiger partial charge is 0.355 e. The Morgan fingerprint density at radius 1 is 0.714 bits per heavy atom. The molecule has 0 atom stereocenters. The normalized spacial score (nSPS) is 13.2. The summed E-state index contributed by atoms with van der Waals surface area (Å²) in [6, 6.07) is 12.9. The fraction of sp³-hybridized carbons (Fsp3) is 0. The first kappa shape index (κ1) is 17.0. The van der Waals surface area contributed by atoms with Gasteiger partial charge in [-0.15, -0.1) is 0 Å². The molecule has 8 bridgehead atoms. The zero-order valence-electron chi connectivity index (χ0n) is 14.3. The van der Waals surface area contributed by atoms with Gasteiger partial charge in [0.05, 0.1) is 28.3 Å². The van der Waals surface area contributed by atoms with Crippen LogP contribution in [0.4, 0.5) is 0 Å². The van der Waals surface area contributed by atoms with Crippen LogP contribution in [0.15, 0.2) is 47.4 Å². The summed E-state index contributed by atoms with van der Waals surface area (Å²) >= 11 is 0. The molecule has 8 heteroatoms. The maximum atomic E-state index is 12.3. The van der Waals surface area contributed by atoms with Crippen molar-refractivity contribution in [1.29, 1.82) is 0 Å². The van der Waals surface area contributed by atoms with Gasteiger partial charge in [-0.2, -0.15) is 0 Å². The lowest BCUT2D eigenvalue weighted by Crippen LogP contribution is -1.95. The SMILES string of the molecule is O=S(=O)(Cl)c1c2nc(cc3ccc(cc4nc(cc5ccc1[nH]5)C=C4)[nH]3)C=C2. The fourth-order valence-corrected chi connectivity index (χ4v) is 4.47. The van der Waals surface area contributed by atoms with Crippen LogP contribution in [0.3, 0.4) is 0 Å². The lowest BCUT2D eigenvalue weighted by Gasteiger charge is -1.97. The van der Waals surface area contributed by atoms with E-state index in [0.717, 1.165) is 22.4 Å². The third-order valence-corrected chi connectivity index (χ3v) is 5.80. The first-order valence-corrected chi connectivity index (χ1v) is 10.8. The number of aromatic nitrogens is 4. The summed E-state index contributed by atoms with van der Waals surface area (Å²) in [5, 5.41) is 0. The lowest BCUT2D eigenvalue weighted by atomic mass is 10.3. The Kier molecular flexibility index (Phi) is 3.75. The minimum absolute atomic E-state index is 0.0581. The molecule has 0 radical (unpaired) electrons. The van der Waals surface area contributed by atoms with E-state index in [4.69, 9.17) is 10.7 Å². The second-order valence-electron chi connectivity index (χ2n) is 6.45. The van der Waals surface area contributed by atoms with Crippen LogP contribution in [-0.4, -0.2) is 28.4 Å². The molecule has 0 spiro atoms. The highest BCUT2D eigenvalue weighted by Crippen LogP contribution is 2.27. The molecule has 0 fully saturated rings. The zero-order chi connectivity index (χ0) is 19.3. The van der Waals surface area contributed by atoms with Gasteiger partial charge in [0, 0.05) is 27.2 Å². The smallest absolute Gasteiger partial charge is 0.265 e. The lowest BCUT2D eigenvalue weighted by molar-refractivity contribution is 0.610. The van der Waals surface area contributed by atoms with E-state index in [2.05, 4.69) is 19.9 Å². The standard InChI is InChI=1S/C20H13ClN4O2S/c21-28(26,27)20-18-7-5-16(24-18)10-14-3-1-12(22-14)9-13-2-4-15(23-13)11-17-6-8-19(20)25-17/h1-11,22,25H. The minimum atomic E-state index is -4.03. The topological polar surface area (TPSA) is 91.5 Å². The fourth-order valence-electron chi connectivity index (χ4n) is 3.24. The predicted molar refractivity (Wildman–Crippen MR) is 112 cm³/mol. The molecule has 2 aliphatic heterocycles. The van der Waals surface area contributed by atoms with Gasteiger partial charge in [-0.05, 0) is 66.8 Å². The molecule has 3 aromatic rings. The molecule has 2 N–H and O–H groups in total. The molecule has 138 valence electrons. The summed E-state index contributed by atoms with van der Waals surface area (Å²) in [7, 11) is 1.71. The Hall–Kier alpha value is -3.16. The van der Waals surface area contributed by atoms with Crippen molar-refractivity contribution in [2.45, 2.75) is 4.90 Å². The average molecular weight is 409 g/mol. The maximum Gasteiger partial charge on any atom is 0.265 e. The second kappa shape index (κ2) is 6.19. The summed E-state index contributed by atoms with van der Waals surface area (Å²) in [6.07, 6.45) is 7.21. The third-order valence-electron chi connectivity index (χ3n) is 4.42. The van der Waals surface area contributed by atoms with Gasteiger partial charge >= 0.3 is 0 Å². The Balaban J connectivity index is 1.93. The third kappa shape index (κ3) is 3.15. The highest BCUT2D eigenvalue weighted by Gasteiger charge is 2.19. The van der Waals surface area contributed by atoms with Crippen molar-refractivity contribution in [2.75, 3.05) is 0 Å². The Bertz CT molecular complexity index is 1450. The van der Waals surface area contributed by atoms with Gasteiger partial charge in [0.1, 0.15) is 4.90 Å². The molecule has 0 amide bonds. The number of aromatic amines is 2. The molecular formula is C20H13ClN4O2S. The van der Waals surface area contributed by atoms with Crippen LogP contribution in [0.1, 0.15) is 22.8 Å². The first-order valence-electron chi connectivity index (χ1n) is 8.46. The van der Waals surface area contributed by atoms with E-state index in [9.17, 15) is 8.42 Å². The summed E-state index contributed by atoms with van der Waals surface area (Å²) < 4.78 is 24.5. The monoisotopic (exact) mass is 408 g/mol. The molecule has 0 unspecified atom stereocenters. The Labute approximate surface area is 164 Å². The van der Waals surface area contributed by atoms with E-state index in [0.29, 0.717) is 16.7 Å². The zero-order valence-corrected chi connectivity index (χ0v) is 15.9. The molecule has 5 rings (SSSR count). The van der Waals surface area contributed by atoms with Crippen LogP contribution in [0, 0.1) is 0 Å². The summed E-state index contributed by atoms with van der Waals surface area (Å²) in [5.74, 6) is 0. The second-order valence-corrected chi connectivity index (χ2v) is 8.95. The quantitative estimate of drug-likeness (QED) is 0.397. The van der Waals surface area contributed by atoms with Crippen molar-refractivity contribution in [1.82, 2.24) is 19.9 Å². The van der Waals surface area contributed by atoms with Crippen LogP contribution in [0.2, 0.25) is 0 Å². The Morgan fingerprint density at radius 3 is 1.89 bits per heavy atom. The predicted octanol–water partition coefficient (Wildman–Crippen LogP) is 4.58. The van der Waals surface area contributed by atoms with E-state index < -0.39 is 9.05 Å². The van der Waals surface area contributed by atoms with Gasteiger partial charge in [0.15, 0.2) is 0 Å². The molecular weight excluding hydrogens is 396 g/mol. The molecule has 5 heterocycles. The van der Waals surface area contributed by atoms with Gasteiger partial charge < -0.3 is 9.97 Å². The summed E-state index contributed by atoms with van der Waals surface area (Å²) in [6.45, 7) is 0. The van der Waals surface area contributed by atoms with E-state index in [-0.39, 0.29) is 10.6 Å². The number of H-pyrrole nitrogens is 2. The van der Waals surface area contributed by atoms with E-state index in [1.54, 1.807) is 24.3 Å². The molecule has 0 aromatic carbocycles. The highest BCUT2D eigenvalue weighted by molar-refractivity contribution is 8.14. The molecule has 3 aromatic heterocycles. The highest BCUT2D eigenvalue weighted by atomic mass is 35.7. The number of hydrogen-bond acceptors (Lipinski definition) is 4. The molecule has 0 saturated carbocycles. The maximum absolute atomic E-state index is 12.3. The van der Waals surface area contributed by atoms with Crippen LogP contribution in [-0.2, 0) is 9.05 Å². The number of nitrogens with one attached hydrogen (secondary N) is 2. The number of nitrogens with zero attached hydrogens (tertiary/aromatic N) is 2. The summed E-state index contributed by atoms with van der Waals surface area (Å²) in [4.78, 5) is 15.3. The van der Waals surface area contributed by atoms with Crippen molar-refractivity contribution in [3.63, 3.8) is 0 Å². The van der Waals surface area contributed by atoms with Gasteiger partial charge in [0.2, 0.25) is 0 Å². The van der Waals surface area contributed by atoms with Gasteiger partial charge in [-0.25, -0.2) is 18.4 Å². The number of hydrogen-bond donors (Lipinski definition) is 2. The summed E-state index contributed by atoms with van der Waals surface area (Å²) in [5.41, 5.74) is 5.33. The molecule has 0 aliphatic carbocycles. The minimum Gasteiger partial charge on any atom is -0.355 e. The van der Waals surface area contributed by atoms with Crippen LogP contribution < -0.4 is 0 Å². The number of fused-ring (bicyclic) bond motifs is 8. The first-order chi connectivity index (χ1) is 13.4. The average Bonchev–Trinajstić information content (AvgIpc) is 3.38. The van der Waals surface area contributed by atoms with Crippen LogP contribution >= 0.6 is 10.7 Å². The van der Waals surface area contributed by atoms with E-state index in [1.165, 1.54) is 0 Å². The molecule has 2 aliphatic rings. The van der Waals surface area contributed by atoms with Crippen molar-refractivity contribution >= 4 is 66.1 Å². The van der Waals surface area contributed by atoms with Gasteiger partial charge in [0.25, 0.3) is 9.05 Å². The molecule has 0 saturated heterocycles. The van der Waals surface area contributed by atoms with Gasteiger partial charge in [-0.3, -0.25) is 0 Å². The van der Waals surface area contributed by atoms with Crippen molar-refractivity contribution in [3.8, 4) is 0 Å². The van der Waals surface area contributed by atoms with Crippen molar-refractivity contribution in [3.05, 3.63) is 65.2 Å². The molecule has 6 nitrogen and oxygen atoms in total. The van der Waals surface area contributed by atoms with Crippen molar-refractivity contribution in [2.24, 2.45) is 0 Å². The van der Waals surface area contributed by atoms with Crippen molar-refractivity contribution < 1.29 is 8.42 Å². The number of rotatable bonds is 1.